The van der Waals surface area contributed by atoms with Gasteiger partial charge >= 0.3 is 0 Å². The number of hydrogen-bond acceptors (Lipinski definition) is 3. The molecular weight excluding hydrogens is 260 g/mol. The van der Waals surface area contributed by atoms with Crippen molar-refractivity contribution < 1.29 is 4.74 Å². The van der Waals surface area contributed by atoms with E-state index in [0.29, 0.717) is 17.9 Å². The van der Waals surface area contributed by atoms with E-state index in [0.717, 1.165) is 19.6 Å². The quantitative estimate of drug-likeness (QED) is 0.742. The summed E-state index contributed by atoms with van der Waals surface area (Å²) in [4.78, 5) is 2.59. The van der Waals surface area contributed by atoms with E-state index in [1.807, 2.05) is 0 Å². The Labute approximate surface area is 132 Å². The van der Waals surface area contributed by atoms with Gasteiger partial charge in [-0.1, -0.05) is 27.7 Å². The first-order valence-corrected chi connectivity index (χ1v) is 8.80. The lowest BCUT2D eigenvalue weighted by Crippen LogP contribution is -2.51. The van der Waals surface area contributed by atoms with E-state index in [4.69, 9.17) is 4.74 Å². The van der Waals surface area contributed by atoms with Gasteiger partial charge in [0, 0.05) is 25.0 Å². The van der Waals surface area contributed by atoms with Crippen LogP contribution in [-0.2, 0) is 4.74 Å². The van der Waals surface area contributed by atoms with Crippen LogP contribution in [0.25, 0.3) is 0 Å². The van der Waals surface area contributed by atoms with Crippen molar-refractivity contribution in [2.24, 2.45) is 11.8 Å². The maximum absolute atomic E-state index is 6.42. The van der Waals surface area contributed by atoms with Crippen molar-refractivity contribution >= 4 is 0 Å². The molecule has 0 amide bonds. The Balaban J connectivity index is 2.86. The van der Waals surface area contributed by atoms with Crippen LogP contribution in [0.3, 0.4) is 0 Å². The van der Waals surface area contributed by atoms with Crippen LogP contribution in [0.1, 0.15) is 61.8 Å². The predicted molar refractivity (Wildman–Crippen MR) is 91.8 cm³/mol. The minimum absolute atomic E-state index is 0.0701. The molecule has 0 radical (unpaired) electrons. The second kappa shape index (κ2) is 7.43. The van der Waals surface area contributed by atoms with Gasteiger partial charge in [-0.15, -0.1) is 0 Å². The summed E-state index contributed by atoms with van der Waals surface area (Å²) in [6, 6.07) is 0.425. The molecule has 21 heavy (non-hydrogen) atoms. The lowest BCUT2D eigenvalue weighted by Gasteiger charge is -2.35. The summed E-state index contributed by atoms with van der Waals surface area (Å²) in [5.41, 5.74) is -0.167. The molecular formula is C18H38N2O. The number of hydrogen-bond donors (Lipinski definition) is 1. The SMILES string of the molecule is CCCNC1C(CN(CC)CC(C)C)C(C)(C)OC1(C)C. The zero-order chi connectivity index (χ0) is 16.3. The zero-order valence-electron chi connectivity index (χ0n) is 15.6. The summed E-state index contributed by atoms with van der Waals surface area (Å²) in [5.74, 6) is 1.24. The fourth-order valence-electron chi connectivity index (χ4n) is 3.84. The molecule has 126 valence electrons. The largest absolute Gasteiger partial charge is 0.368 e. The van der Waals surface area contributed by atoms with Crippen LogP contribution in [0.15, 0.2) is 0 Å². The molecule has 2 atom stereocenters. The van der Waals surface area contributed by atoms with Crippen molar-refractivity contribution in [2.45, 2.75) is 79.1 Å². The molecule has 0 spiro atoms. The molecule has 0 aromatic carbocycles. The van der Waals surface area contributed by atoms with Crippen molar-refractivity contribution in [3.05, 3.63) is 0 Å². The summed E-state index contributed by atoms with van der Waals surface area (Å²) in [6.07, 6.45) is 1.17. The smallest absolute Gasteiger partial charge is 0.0790 e. The minimum atomic E-state index is -0.0966. The molecule has 1 fully saturated rings. The maximum atomic E-state index is 6.42. The Hall–Kier alpha value is -0.120. The highest BCUT2D eigenvalue weighted by atomic mass is 16.5. The molecule has 2 unspecified atom stereocenters. The lowest BCUT2D eigenvalue weighted by atomic mass is 9.82. The molecule has 0 aromatic rings. The minimum Gasteiger partial charge on any atom is -0.368 e. The van der Waals surface area contributed by atoms with Gasteiger partial charge in [0.05, 0.1) is 11.2 Å². The highest BCUT2D eigenvalue weighted by molar-refractivity contribution is 5.06. The monoisotopic (exact) mass is 298 g/mol. The average molecular weight is 299 g/mol. The van der Waals surface area contributed by atoms with Gasteiger partial charge < -0.3 is 15.0 Å². The van der Waals surface area contributed by atoms with Crippen LogP contribution in [-0.4, -0.2) is 48.3 Å². The second-order valence-electron chi connectivity index (χ2n) is 8.09. The molecule has 3 nitrogen and oxygen atoms in total. The number of rotatable bonds is 8. The Bertz CT molecular complexity index is 312. The Morgan fingerprint density at radius 3 is 2.19 bits per heavy atom. The third-order valence-corrected chi connectivity index (χ3v) is 4.71. The summed E-state index contributed by atoms with van der Waals surface area (Å²) < 4.78 is 6.42. The van der Waals surface area contributed by atoms with Gasteiger partial charge in [0.1, 0.15) is 0 Å². The van der Waals surface area contributed by atoms with Crippen molar-refractivity contribution in [1.29, 1.82) is 0 Å². The first-order chi connectivity index (χ1) is 9.64. The molecule has 1 heterocycles. The van der Waals surface area contributed by atoms with Crippen molar-refractivity contribution in [3.63, 3.8) is 0 Å². The van der Waals surface area contributed by atoms with Gasteiger partial charge in [-0.25, -0.2) is 0 Å². The summed E-state index contributed by atoms with van der Waals surface area (Å²) in [7, 11) is 0. The molecule has 0 aromatic heterocycles. The Morgan fingerprint density at radius 2 is 1.71 bits per heavy atom. The standard InChI is InChI=1S/C18H38N2O/c1-9-11-19-16-15(13-20(10-2)12-14(3)4)17(5,6)21-18(16,7)8/h14-16,19H,9-13H2,1-8H3. The molecule has 1 aliphatic rings. The lowest BCUT2D eigenvalue weighted by molar-refractivity contribution is -0.0797. The highest BCUT2D eigenvalue weighted by Crippen LogP contribution is 2.42. The molecule has 0 saturated carbocycles. The highest BCUT2D eigenvalue weighted by Gasteiger charge is 2.53. The molecule has 1 aliphatic heterocycles. The van der Waals surface area contributed by atoms with E-state index in [2.05, 4.69) is 65.6 Å². The number of nitrogens with zero attached hydrogens (tertiary/aromatic N) is 1. The number of nitrogens with one attached hydrogen (secondary N) is 1. The fourth-order valence-corrected chi connectivity index (χ4v) is 3.84. The maximum Gasteiger partial charge on any atom is 0.0790 e. The van der Waals surface area contributed by atoms with Crippen molar-refractivity contribution in [2.75, 3.05) is 26.2 Å². The third-order valence-electron chi connectivity index (χ3n) is 4.71. The summed E-state index contributed by atoms with van der Waals surface area (Å²) in [6.45, 7) is 22.6. The molecule has 1 rings (SSSR count). The van der Waals surface area contributed by atoms with Gasteiger partial charge in [-0.3, -0.25) is 0 Å². The van der Waals surface area contributed by atoms with Crippen LogP contribution in [0.5, 0.6) is 0 Å². The zero-order valence-corrected chi connectivity index (χ0v) is 15.6. The Kier molecular flexibility index (Phi) is 6.70. The van der Waals surface area contributed by atoms with Gasteiger partial charge in [-0.2, -0.15) is 0 Å². The fraction of sp³-hybridized carbons (Fsp3) is 1.00. The summed E-state index contributed by atoms with van der Waals surface area (Å²) in [5, 5.41) is 3.76. The van der Waals surface area contributed by atoms with Crippen LogP contribution < -0.4 is 5.32 Å². The van der Waals surface area contributed by atoms with Crippen LogP contribution in [0.4, 0.5) is 0 Å². The molecule has 0 aliphatic carbocycles. The van der Waals surface area contributed by atoms with E-state index >= 15 is 0 Å². The van der Waals surface area contributed by atoms with Gasteiger partial charge in [0.15, 0.2) is 0 Å². The third kappa shape index (κ3) is 4.94. The second-order valence-corrected chi connectivity index (χ2v) is 8.09. The summed E-state index contributed by atoms with van der Waals surface area (Å²) >= 11 is 0. The van der Waals surface area contributed by atoms with E-state index in [1.165, 1.54) is 13.0 Å². The normalized spacial score (nSPS) is 27.7. The average Bonchev–Trinajstić information content (AvgIpc) is 2.50. The molecule has 0 bridgehead atoms. The molecule has 1 N–H and O–H groups in total. The van der Waals surface area contributed by atoms with Crippen LogP contribution in [0.2, 0.25) is 0 Å². The van der Waals surface area contributed by atoms with E-state index in [1.54, 1.807) is 0 Å². The van der Waals surface area contributed by atoms with E-state index in [9.17, 15) is 0 Å². The predicted octanol–water partition coefficient (Wildman–Crippen LogP) is 3.54. The Morgan fingerprint density at radius 1 is 1.10 bits per heavy atom. The van der Waals surface area contributed by atoms with Gasteiger partial charge in [-0.05, 0) is 53.1 Å². The topological polar surface area (TPSA) is 24.5 Å². The first-order valence-electron chi connectivity index (χ1n) is 8.80. The number of ether oxygens (including phenoxy) is 1. The molecule has 3 heteroatoms. The first kappa shape index (κ1) is 18.9. The van der Waals surface area contributed by atoms with Crippen LogP contribution in [0, 0.1) is 11.8 Å². The van der Waals surface area contributed by atoms with E-state index < -0.39 is 0 Å². The van der Waals surface area contributed by atoms with Crippen LogP contribution >= 0.6 is 0 Å². The molecule has 1 saturated heterocycles. The van der Waals surface area contributed by atoms with E-state index in [-0.39, 0.29) is 11.2 Å². The van der Waals surface area contributed by atoms with Gasteiger partial charge in [0.25, 0.3) is 0 Å². The van der Waals surface area contributed by atoms with Gasteiger partial charge in [0.2, 0.25) is 0 Å². The van der Waals surface area contributed by atoms with Crippen molar-refractivity contribution in [3.8, 4) is 0 Å². The van der Waals surface area contributed by atoms with Crippen molar-refractivity contribution in [1.82, 2.24) is 10.2 Å².